The van der Waals surface area contributed by atoms with Crippen molar-refractivity contribution in [3.05, 3.63) is 0 Å². The molecular weight excluding hydrogens is 281 g/mol. The summed E-state index contributed by atoms with van der Waals surface area (Å²) < 4.78 is 5.76. The predicted molar refractivity (Wildman–Crippen MR) is 58.4 cm³/mol. The molecule has 0 bridgehead atoms. The fraction of sp³-hybridized carbons (Fsp3) is 0.667. The van der Waals surface area contributed by atoms with Crippen molar-refractivity contribution in [1.82, 2.24) is 4.90 Å². The summed E-state index contributed by atoms with van der Waals surface area (Å²) in [5, 5.41) is 0. The van der Waals surface area contributed by atoms with E-state index in [1.165, 1.54) is 0 Å². The van der Waals surface area contributed by atoms with Crippen LogP contribution in [-0.2, 0) is 9.53 Å². The summed E-state index contributed by atoms with van der Waals surface area (Å²) in [5.41, 5.74) is 0. The van der Waals surface area contributed by atoms with Gasteiger partial charge in [-0.1, -0.05) is 28.5 Å². The van der Waals surface area contributed by atoms with Gasteiger partial charge < -0.3 is 9.64 Å². The first-order chi connectivity index (χ1) is 6.16. The van der Waals surface area contributed by atoms with E-state index < -0.39 is 0 Å². The maximum Gasteiger partial charge on any atom is 0.221 e. The van der Waals surface area contributed by atoms with Crippen LogP contribution in [0.2, 0.25) is 0 Å². The lowest BCUT2D eigenvalue weighted by Crippen LogP contribution is -2.38. The summed E-state index contributed by atoms with van der Waals surface area (Å²) >= 11 is 2.29. The van der Waals surface area contributed by atoms with Crippen LogP contribution in [0, 0.1) is 12.3 Å². The summed E-state index contributed by atoms with van der Waals surface area (Å²) in [6.07, 6.45) is 5.94. The van der Waals surface area contributed by atoms with E-state index in [0.717, 1.165) is 13.0 Å². The zero-order valence-electron chi connectivity index (χ0n) is 7.50. The molecule has 1 amide bonds. The largest absolute Gasteiger partial charge is 0.345 e. The van der Waals surface area contributed by atoms with E-state index in [-0.39, 0.29) is 18.7 Å². The molecule has 0 radical (unpaired) electrons. The molecule has 1 fully saturated rings. The summed E-state index contributed by atoms with van der Waals surface area (Å²) in [5.74, 6) is 2.47. The van der Waals surface area contributed by atoms with Crippen LogP contribution in [0.1, 0.15) is 13.3 Å². The van der Waals surface area contributed by atoms with Crippen LogP contribution in [0.3, 0.4) is 0 Å². The van der Waals surface area contributed by atoms with Crippen LogP contribution in [-0.4, -0.2) is 34.1 Å². The molecule has 0 aromatic rings. The van der Waals surface area contributed by atoms with E-state index in [1.807, 2.05) is 0 Å². The molecule has 4 heteroatoms. The van der Waals surface area contributed by atoms with E-state index in [1.54, 1.807) is 11.8 Å². The zero-order valence-corrected chi connectivity index (χ0v) is 9.65. The molecule has 3 nitrogen and oxygen atoms in total. The van der Waals surface area contributed by atoms with Gasteiger partial charge in [0, 0.05) is 13.5 Å². The van der Waals surface area contributed by atoms with Gasteiger partial charge in [-0.25, -0.2) is 0 Å². The molecule has 1 heterocycles. The van der Waals surface area contributed by atoms with Gasteiger partial charge in [0.25, 0.3) is 0 Å². The number of nitrogens with zero attached hydrogens (tertiary/aromatic N) is 1. The number of carbonyl (C=O) groups excluding carboxylic acids is 1. The lowest BCUT2D eigenvalue weighted by atomic mass is 10.4. The minimum atomic E-state index is -0.130. The second-order valence-corrected chi connectivity index (χ2v) is 4.52. The van der Waals surface area contributed by atoms with Crippen molar-refractivity contribution in [3.63, 3.8) is 0 Å². The van der Waals surface area contributed by atoms with Crippen molar-refractivity contribution in [3.8, 4) is 12.3 Å². The van der Waals surface area contributed by atoms with Crippen LogP contribution in [0.4, 0.5) is 0 Å². The molecule has 1 saturated heterocycles. The monoisotopic (exact) mass is 293 g/mol. The Kier molecular flexibility index (Phi) is 4.00. The quantitative estimate of drug-likeness (QED) is 0.432. The number of hydrogen-bond donors (Lipinski definition) is 0. The van der Waals surface area contributed by atoms with Gasteiger partial charge in [0.2, 0.25) is 5.91 Å². The molecule has 13 heavy (non-hydrogen) atoms. The van der Waals surface area contributed by atoms with E-state index in [2.05, 4.69) is 28.5 Å². The number of alkyl halides is 1. The fourth-order valence-electron chi connectivity index (χ4n) is 1.39. The number of hydrogen-bond acceptors (Lipinski definition) is 2. The predicted octanol–water partition coefficient (Wildman–Crippen LogP) is 1.02. The highest BCUT2D eigenvalue weighted by atomic mass is 127. The van der Waals surface area contributed by atoms with E-state index in [0.29, 0.717) is 3.92 Å². The zero-order chi connectivity index (χ0) is 9.84. The van der Waals surface area contributed by atoms with Gasteiger partial charge in [0.1, 0.15) is 12.8 Å². The van der Waals surface area contributed by atoms with E-state index >= 15 is 0 Å². The van der Waals surface area contributed by atoms with Gasteiger partial charge in [-0.2, -0.15) is 0 Å². The summed E-state index contributed by atoms with van der Waals surface area (Å²) in [4.78, 5) is 12.9. The lowest BCUT2D eigenvalue weighted by molar-refractivity contribution is -0.137. The molecule has 1 aliphatic heterocycles. The Hall–Kier alpha value is -0.280. The summed E-state index contributed by atoms with van der Waals surface area (Å²) in [7, 11) is 0. The maximum atomic E-state index is 11.2. The normalized spacial score (nSPS) is 27.3. The van der Waals surface area contributed by atoms with Crippen LogP contribution in [0.25, 0.3) is 0 Å². The van der Waals surface area contributed by atoms with Crippen molar-refractivity contribution >= 4 is 28.5 Å². The molecule has 0 aromatic carbocycles. The molecule has 72 valence electrons. The first-order valence-corrected chi connectivity index (χ1v) is 5.37. The molecule has 2 atom stereocenters. The van der Waals surface area contributed by atoms with Gasteiger partial charge in [-0.3, -0.25) is 4.79 Å². The van der Waals surface area contributed by atoms with Crippen LogP contribution < -0.4 is 0 Å². The van der Waals surface area contributed by atoms with Gasteiger partial charge in [0.05, 0.1) is 3.92 Å². The van der Waals surface area contributed by atoms with E-state index in [9.17, 15) is 4.79 Å². The van der Waals surface area contributed by atoms with Gasteiger partial charge in [-0.05, 0) is 6.42 Å². The average Bonchev–Trinajstić information content (AvgIpc) is 2.43. The summed E-state index contributed by atoms with van der Waals surface area (Å²) in [6, 6.07) is 0. The third-order valence-electron chi connectivity index (χ3n) is 2.00. The number of likely N-dealkylation sites (tertiary alicyclic amines) is 1. The number of ether oxygens (including phenoxy) is 1. The van der Waals surface area contributed by atoms with Crippen LogP contribution in [0.5, 0.6) is 0 Å². The molecule has 0 N–H and O–H groups in total. The van der Waals surface area contributed by atoms with Crippen molar-refractivity contribution in [2.45, 2.75) is 23.5 Å². The number of halogens is 1. The average molecular weight is 293 g/mol. The Morgan fingerprint density at radius 1 is 1.85 bits per heavy atom. The number of carbonyl (C=O) groups is 1. The first kappa shape index (κ1) is 10.8. The number of terminal acetylenes is 1. The second kappa shape index (κ2) is 4.82. The minimum absolute atomic E-state index is 0.0567. The van der Waals surface area contributed by atoms with Gasteiger partial charge >= 0.3 is 0 Å². The van der Waals surface area contributed by atoms with Crippen LogP contribution >= 0.6 is 22.6 Å². The maximum absolute atomic E-state index is 11.2. The fourth-order valence-corrected chi connectivity index (χ4v) is 2.27. The van der Waals surface area contributed by atoms with Crippen LogP contribution in [0.15, 0.2) is 0 Å². The Morgan fingerprint density at radius 3 is 3.08 bits per heavy atom. The molecule has 1 aliphatic rings. The topological polar surface area (TPSA) is 29.5 Å². The highest BCUT2D eigenvalue weighted by molar-refractivity contribution is 14.1. The van der Waals surface area contributed by atoms with Crippen molar-refractivity contribution in [2.24, 2.45) is 0 Å². The summed E-state index contributed by atoms with van der Waals surface area (Å²) in [6.45, 7) is 2.60. The number of rotatable bonds is 2. The lowest BCUT2D eigenvalue weighted by Gasteiger charge is -2.24. The second-order valence-electron chi connectivity index (χ2n) is 2.92. The standard InChI is InChI=1S/C9H12INO2/c1-3-6-13-9-8(10)4-5-11(9)7(2)12/h1,8-9H,4-6H2,2H3/t8-,9+/m1/s1. The van der Waals surface area contributed by atoms with E-state index in [4.69, 9.17) is 11.2 Å². The highest BCUT2D eigenvalue weighted by Crippen LogP contribution is 2.25. The molecule has 1 rings (SSSR count). The molecule has 0 aliphatic carbocycles. The van der Waals surface area contributed by atoms with Crippen molar-refractivity contribution in [2.75, 3.05) is 13.2 Å². The van der Waals surface area contributed by atoms with Gasteiger partial charge in [-0.15, -0.1) is 6.42 Å². The first-order valence-electron chi connectivity index (χ1n) is 4.13. The number of amides is 1. The molecule has 0 aromatic heterocycles. The Labute approximate surface area is 91.9 Å². The van der Waals surface area contributed by atoms with Crippen molar-refractivity contribution < 1.29 is 9.53 Å². The van der Waals surface area contributed by atoms with Crippen molar-refractivity contribution in [1.29, 1.82) is 0 Å². The highest BCUT2D eigenvalue weighted by Gasteiger charge is 2.34. The Morgan fingerprint density at radius 2 is 2.54 bits per heavy atom. The Bertz CT molecular complexity index is 236. The third-order valence-corrected chi connectivity index (χ3v) is 3.24. The molecular formula is C9H12INO2. The third kappa shape index (κ3) is 2.58. The van der Waals surface area contributed by atoms with Gasteiger partial charge in [0.15, 0.2) is 0 Å². The Balaban J connectivity index is 2.56. The smallest absolute Gasteiger partial charge is 0.221 e. The molecule has 0 spiro atoms. The molecule has 0 saturated carbocycles. The molecule has 0 unspecified atom stereocenters. The minimum Gasteiger partial charge on any atom is -0.345 e. The SMILES string of the molecule is C#CCO[C@H]1[C@H](I)CCN1C(C)=O.